The molecule has 102 valence electrons. The van der Waals surface area contributed by atoms with E-state index in [9.17, 15) is 20.0 Å². The maximum Gasteiger partial charge on any atom is 0.273 e. The highest BCUT2D eigenvalue weighted by Gasteiger charge is 2.19. The van der Waals surface area contributed by atoms with Crippen molar-refractivity contribution in [3.8, 4) is 5.75 Å². The number of hydrogen-bond donors (Lipinski definition) is 2. The van der Waals surface area contributed by atoms with E-state index in [1.807, 2.05) is 0 Å². The Kier molecular flexibility index (Phi) is 3.99. The molecule has 1 aromatic carbocycles. The molecule has 2 N–H and O–H groups in total. The van der Waals surface area contributed by atoms with E-state index in [1.165, 1.54) is 18.6 Å². The summed E-state index contributed by atoms with van der Waals surface area (Å²) in [5.74, 6) is -0.645. The van der Waals surface area contributed by atoms with E-state index in [0.717, 1.165) is 31.7 Å². The van der Waals surface area contributed by atoms with Crippen molar-refractivity contribution in [2.75, 3.05) is 0 Å². The zero-order chi connectivity index (χ0) is 13.8. The van der Waals surface area contributed by atoms with Gasteiger partial charge in [0.25, 0.3) is 11.6 Å². The molecule has 0 unspecified atom stereocenters. The zero-order valence-electron chi connectivity index (χ0n) is 10.5. The molecule has 0 radical (unpaired) electrons. The van der Waals surface area contributed by atoms with E-state index >= 15 is 0 Å². The minimum atomic E-state index is -0.628. The first-order valence-electron chi connectivity index (χ1n) is 6.35. The van der Waals surface area contributed by atoms with Gasteiger partial charge < -0.3 is 10.4 Å². The van der Waals surface area contributed by atoms with Crippen LogP contribution in [0.25, 0.3) is 0 Å². The second kappa shape index (κ2) is 5.69. The Labute approximate surface area is 110 Å². The zero-order valence-corrected chi connectivity index (χ0v) is 10.5. The monoisotopic (exact) mass is 264 g/mol. The number of hydrogen-bond acceptors (Lipinski definition) is 4. The van der Waals surface area contributed by atoms with E-state index in [4.69, 9.17) is 0 Å². The number of aromatic hydroxyl groups is 1. The van der Waals surface area contributed by atoms with Crippen LogP contribution in [-0.2, 0) is 0 Å². The SMILES string of the molecule is O=C(NC1CCCCC1)c1cc(O)cc([N+](=O)[O-])c1. The molecule has 6 nitrogen and oxygen atoms in total. The molecular weight excluding hydrogens is 248 g/mol. The van der Waals surface area contributed by atoms with Gasteiger partial charge in [0, 0.05) is 17.7 Å². The third-order valence-electron chi connectivity index (χ3n) is 3.32. The van der Waals surface area contributed by atoms with Crippen LogP contribution in [0.15, 0.2) is 18.2 Å². The van der Waals surface area contributed by atoms with Gasteiger partial charge in [0.2, 0.25) is 0 Å². The van der Waals surface area contributed by atoms with Gasteiger partial charge in [-0.05, 0) is 18.9 Å². The second-order valence-electron chi connectivity index (χ2n) is 4.80. The number of nitrogens with zero attached hydrogens (tertiary/aromatic N) is 1. The van der Waals surface area contributed by atoms with Crippen molar-refractivity contribution in [3.63, 3.8) is 0 Å². The fourth-order valence-electron chi connectivity index (χ4n) is 2.35. The highest BCUT2D eigenvalue weighted by molar-refractivity contribution is 5.95. The normalized spacial score (nSPS) is 16.0. The van der Waals surface area contributed by atoms with Crippen LogP contribution in [0.5, 0.6) is 5.75 Å². The smallest absolute Gasteiger partial charge is 0.273 e. The first-order valence-corrected chi connectivity index (χ1v) is 6.35. The first kappa shape index (κ1) is 13.3. The minimum absolute atomic E-state index is 0.122. The maximum absolute atomic E-state index is 12.0. The quantitative estimate of drug-likeness (QED) is 0.647. The summed E-state index contributed by atoms with van der Waals surface area (Å²) in [6.07, 6.45) is 5.24. The molecule has 2 rings (SSSR count). The predicted molar refractivity (Wildman–Crippen MR) is 69.1 cm³/mol. The summed E-state index contributed by atoms with van der Waals surface area (Å²) in [5, 5.41) is 22.9. The number of nitro groups is 1. The lowest BCUT2D eigenvalue weighted by Gasteiger charge is -2.22. The van der Waals surface area contributed by atoms with Crippen molar-refractivity contribution in [1.29, 1.82) is 0 Å². The molecule has 0 spiro atoms. The van der Waals surface area contributed by atoms with Crippen LogP contribution in [0.1, 0.15) is 42.5 Å². The molecule has 0 aliphatic heterocycles. The molecule has 6 heteroatoms. The maximum atomic E-state index is 12.0. The Morgan fingerprint density at radius 2 is 1.95 bits per heavy atom. The molecule has 0 atom stereocenters. The molecule has 1 amide bonds. The number of carbonyl (C=O) groups is 1. The van der Waals surface area contributed by atoms with Gasteiger partial charge in [0.05, 0.1) is 11.0 Å². The lowest BCUT2D eigenvalue weighted by atomic mass is 9.95. The number of benzene rings is 1. The largest absolute Gasteiger partial charge is 0.508 e. The molecule has 0 heterocycles. The number of nitrogens with one attached hydrogen (secondary N) is 1. The lowest BCUT2D eigenvalue weighted by Crippen LogP contribution is -2.36. The standard InChI is InChI=1S/C13H16N2O4/c16-12-7-9(6-11(8-12)15(18)19)13(17)14-10-4-2-1-3-5-10/h6-8,10,16H,1-5H2,(H,14,17). The van der Waals surface area contributed by atoms with Crippen molar-refractivity contribution in [3.05, 3.63) is 33.9 Å². The van der Waals surface area contributed by atoms with E-state index in [-0.39, 0.29) is 28.9 Å². The van der Waals surface area contributed by atoms with Crippen molar-refractivity contribution in [1.82, 2.24) is 5.32 Å². The average molecular weight is 264 g/mol. The summed E-state index contributed by atoms with van der Waals surface area (Å²) in [6.45, 7) is 0. The van der Waals surface area contributed by atoms with Crippen LogP contribution in [0.4, 0.5) is 5.69 Å². The molecule has 1 aliphatic carbocycles. The van der Waals surface area contributed by atoms with Crippen LogP contribution < -0.4 is 5.32 Å². The summed E-state index contributed by atoms with van der Waals surface area (Å²) < 4.78 is 0. The van der Waals surface area contributed by atoms with Crippen LogP contribution in [0.3, 0.4) is 0 Å². The molecule has 1 aliphatic rings. The highest BCUT2D eigenvalue weighted by atomic mass is 16.6. The molecule has 0 bridgehead atoms. The van der Waals surface area contributed by atoms with Gasteiger partial charge in [-0.1, -0.05) is 19.3 Å². The van der Waals surface area contributed by atoms with Crippen LogP contribution in [0, 0.1) is 10.1 Å². The minimum Gasteiger partial charge on any atom is -0.508 e. The van der Waals surface area contributed by atoms with E-state index < -0.39 is 4.92 Å². The van der Waals surface area contributed by atoms with Gasteiger partial charge in [-0.3, -0.25) is 14.9 Å². The first-order chi connectivity index (χ1) is 9.06. The molecule has 1 aromatic rings. The number of non-ortho nitro benzene ring substituents is 1. The molecular formula is C13H16N2O4. The Morgan fingerprint density at radius 3 is 2.58 bits per heavy atom. The van der Waals surface area contributed by atoms with Crippen molar-refractivity contribution >= 4 is 11.6 Å². The number of phenolic OH excluding ortho intramolecular Hbond substituents is 1. The molecule has 0 aromatic heterocycles. The van der Waals surface area contributed by atoms with Crippen molar-refractivity contribution in [2.45, 2.75) is 38.1 Å². The average Bonchev–Trinajstić information content (AvgIpc) is 2.39. The fraction of sp³-hybridized carbons (Fsp3) is 0.462. The van der Waals surface area contributed by atoms with Gasteiger partial charge in [0.15, 0.2) is 0 Å². The summed E-state index contributed by atoms with van der Waals surface area (Å²) in [7, 11) is 0. The molecule has 19 heavy (non-hydrogen) atoms. The van der Waals surface area contributed by atoms with Gasteiger partial charge in [-0.25, -0.2) is 0 Å². The van der Waals surface area contributed by atoms with Crippen LogP contribution in [-0.4, -0.2) is 22.0 Å². The number of nitro benzene ring substituents is 1. The topological polar surface area (TPSA) is 92.5 Å². The summed E-state index contributed by atoms with van der Waals surface area (Å²) >= 11 is 0. The Morgan fingerprint density at radius 1 is 1.26 bits per heavy atom. The van der Waals surface area contributed by atoms with E-state index in [2.05, 4.69) is 5.32 Å². The van der Waals surface area contributed by atoms with Gasteiger partial charge in [-0.2, -0.15) is 0 Å². The van der Waals surface area contributed by atoms with Crippen molar-refractivity contribution in [2.24, 2.45) is 0 Å². The summed E-state index contributed by atoms with van der Waals surface area (Å²) in [5.41, 5.74) is -0.161. The van der Waals surface area contributed by atoms with Gasteiger partial charge >= 0.3 is 0 Å². The fourth-order valence-corrected chi connectivity index (χ4v) is 2.35. The van der Waals surface area contributed by atoms with Crippen molar-refractivity contribution < 1.29 is 14.8 Å². The number of carbonyl (C=O) groups excluding carboxylic acids is 1. The van der Waals surface area contributed by atoms with E-state index in [0.29, 0.717) is 0 Å². The third-order valence-corrected chi connectivity index (χ3v) is 3.32. The number of phenols is 1. The lowest BCUT2D eigenvalue weighted by molar-refractivity contribution is -0.385. The van der Waals surface area contributed by atoms with Gasteiger partial charge in [-0.15, -0.1) is 0 Å². The highest BCUT2D eigenvalue weighted by Crippen LogP contribution is 2.22. The summed E-state index contributed by atoms with van der Waals surface area (Å²) in [6, 6.07) is 3.57. The van der Waals surface area contributed by atoms with Crippen LogP contribution >= 0.6 is 0 Å². The number of rotatable bonds is 3. The van der Waals surface area contributed by atoms with Crippen LogP contribution in [0.2, 0.25) is 0 Å². The second-order valence-corrected chi connectivity index (χ2v) is 4.80. The summed E-state index contributed by atoms with van der Waals surface area (Å²) in [4.78, 5) is 22.0. The molecule has 1 fully saturated rings. The molecule has 1 saturated carbocycles. The predicted octanol–water partition coefficient (Wildman–Crippen LogP) is 2.36. The number of amides is 1. The van der Waals surface area contributed by atoms with E-state index in [1.54, 1.807) is 0 Å². The third kappa shape index (κ3) is 3.43. The molecule has 0 saturated heterocycles. The Hall–Kier alpha value is -2.11. The Bertz CT molecular complexity index is 495. The Balaban J connectivity index is 2.11. The van der Waals surface area contributed by atoms with Gasteiger partial charge in [0.1, 0.15) is 5.75 Å².